The highest BCUT2D eigenvalue weighted by molar-refractivity contribution is 7.89. The summed E-state index contributed by atoms with van der Waals surface area (Å²) >= 11 is 0. The molecule has 144 valence electrons. The van der Waals surface area contributed by atoms with Gasteiger partial charge in [-0.15, -0.1) is 0 Å². The third-order valence-electron chi connectivity index (χ3n) is 4.64. The summed E-state index contributed by atoms with van der Waals surface area (Å²) in [6.45, 7) is 3.91. The molecule has 0 atom stereocenters. The molecule has 0 unspecified atom stereocenters. The van der Waals surface area contributed by atoms with Crippen molar-refractivity contribution in [2.45, 2.75) is 11.8 Å². The van der Waals surface area contributed by atoms with E-state index in [1.807, 2.05) is 7.05 Å². The first-order chi connectivity index (χ1) is 12.8. The van der Waals surface area contributed by atoms with Crippen LogP contribution in [-0.4, -0.2) is 56.8 Å². The fraction of sp³-hybridized carbons (Fsp3) is 0.316. The second-order valence-electron chi connectivity index (χ2n) is 6.65. The number of anilines is 1. The molecule has 0 bridgehead atoms. The number of amides is 1. The molecular formula is C19H22FN3O3S. The van der Waals surface area contributed by atoms with Crippen molar-refractivity contribution in [1.29, 1.82) is 0 Å². The van der Waals surface area contributed by atoms with E-state index in [9.17, 15) is 17.6 Å². The quantitative estimate of drug-likeness (QED) is 0.869. The molecule has 1 saturated heterocycles. The number of halogens is 1. The molecule has 8 heteroatoms. The Balaban J connectivity index is 1.82. The number of likely N-dealkylation sites (N-methyl/N-ethyl adjacent to an activating group) is 1. The van der Waals surface area contributed by atoms with Crippen LogP contribution < -0.4 is 5.32 Å². The van der Waals surface area contributed by atoms with E-state index in [2.05, 4.69) is 10.2 Å². The zero-order valence-corrected chi connectivity index (χ0v) is 16.1. The standard InChI is InChI=1S/C19H22FN3O3S/c1-14-6-7-16(20)13-18(14)21-19(24)15-4-3-5-17(12-15)27(25,26)23-10-8-22(2)9-11-23/h3-7,12-13H,8-11H2,1-2H3,(H,21,24). The van der Waals surface area contributed by atoms with Gasteiger partial charge in [-0.1, -0.05) is 12.1 Å². The molecule has 0 aromatic heterocycles. The summed E-state index contributed by atoms with van der Waals surface area (Å²) in [6, 6.07) is 10.0. The number of benzene rings is 2. The Morgan fingerprint density at radius 1 is 1.07 bits per heavy atom. The van der Waals surface area contributed by atoms with E-state index in [4.69, 9.17) is 0 Å². The van der Waals surface area contributed by atoms with E-state index in [0.29, 0.717) is 37.4 Å². The molecule has 1 aliphatic heterocycles. The SMILES string of the molecule is Cc1ccc(F)cc1NC(=O)c1cccc(S(=O)(=O)N2CCN(C)CC2)c1. The van der Waals surface area contributed by atoms with Gasteiger partial charge >= 0.3 is 0 Å². The Morgan fingerprint density at radius 3 is 2.48 bits per heavy atom. The normalized spacial score (nSPS) is 16.3. The van der Waals surface area contributed by atoms with Crippen LogP contribution in [0.5, 0.6) is 0 Å². The van der Waals surface area contributed by atoms with Crippen LogP contribution in [-0.2, 0) is 10.0 Å². The van der Waals surface area contributed by atoms with Gasteiger partial charge in [0.15, 0.2) is 0 Å². The maximum Gasteiger partial charge on any atom is 0.255 e. The van der Waals surface area contributed by atoms with Crippen molar-refractivity contribution >= 4 is 21.6 Å². The average molecular weight is 391 g/mol. The molecule has 0 saturated carbocycles. The van der Waals surface area contributed by atoms with Gasteiger partial charge in [0.1, 0.15) is 5.82 Å². The maximum atomic E-state index is 13.4. The van der Waals surface area contributed by atoms with E-state index >= 15 is 0 Å². The number of nitrogens with zero attached hydrogens (tertiary/aromatic N) is 2. The number of hydrogen-bond donors (Lipinski definition) is 1. The Labute approximate surface area is 158 Å². The second kappa shape index (κ2) is 7.75. The number of sulfonamides is 1. The van der Waals surface area contributed by atoms with Crippen molar-refractivity contribution in [3.8, 4) is 0 Å². The summed E-state index contributed by atoms with van der Waals surface area (Å²) in [5, 5.41) is 2.64. The van der Waals surface area contributed by atoms with Gasteiger partial charge in [-0.25, -0.2) is 12.8 Å². The smallest absolute Gasteiger partial charge is 0.255 e. The first-order valence-electron chi connectivity index (χ1n) is 8.63. The van der Waals surface area contributed by atoms with E-state index in [0.717, 1.165) is 0 Å². The number of carbonyl (C=O) groups is 1. The van der Waals surface area contributed by atoms with E-state index in [1.165, 1.54) is 40.7 Å². The number of rotatable bonds is 4. The zero-order chi connectivity index (χ0) is 19.6. The van der Waals surface area contributed by atoms with Gasteiger partial charge in [0.05, 0.1) is 4.90 Å². The average Bonchev–Trinajstić information content (AvgIpc) is 2.65. The summed E-state index contributed by atoms with van der Waals surface area (Å²) in [4.78, 5) is 14.7. The summed E-state index contributed by atoms with van der Waals surface area (Å²) in [5.41, 5.74) is 1.27. The fourth-order valence-electron chi connectivity index (χ4n) is 2.90. The molecular weight excluding hydrogens is 369 g/mol. The van der Waals surface area contributed by atoms with Crippen LogP contribution in [0.4, 0.5) is 10.1 Å². The van der Waals surface area contributed by atoms with Crippen LogP contribution in [0.15, 0.2) is 47.4 Å². The lowest BCUT2D eigenvalue weighted by Crippen LogP contribution is -2.47. The summed E-state index contributed by atoms with van der Waals surface area (Å²) in [7, 11) is -1.71. The number of aryl methyl sites for hydroxylation is 1. The van der Waals surface area contributed by atoms with Crippen molar-refractivity contribution in [3.63, 3.8) is 0 Å². The predicted octanol–water partition coefficient (Wildman–Crippen LogP) is 2.32. The minimum absolute atomic E-state index is 0.0793. The first-order valence-corrected chi connectivity index (χ1v) is 10.1. The number of piperazine rings is 1. The zero-order valence-electron chi connectivity index (χ0n) is 15.3. The van der Waals surface area contributed by atoms with Gasteiger partial charge in [0, 0.05) is 37.4 Å². The van der Waals surface area contributed by atoms with Crippen LogP contribution >= 0.6 is 0 Å². The summed E-state index contributed by atoms with van der Waals surface area (Å²) < 4.78 is 40.5. The topological polar surface area (TPSA) is 69.7 Å². The Bertz CT molecular complexity index is 954. The van der Waals surface area contributed by atoms with Gasteiger partial charge in [-0.3, -0.25) is 4.79 Å². The molecule has 0 aliphatic carbocycles. The van der Waals surface area contributed by atoms with Crippen LogP contribution in [0.3, 0.4) is 0 Å². The second-order valence-corrected chi connectivity index (χ2v) is 8.59. The lowest BCUT2D eigenvalue weighted by molar-refractivity contribution is 0.102. The lowest BCUT2D eigenvalue weighted by atomic mass is 10.1. The maximum absolute atomic E-state index is 13.4. The van der Waals surface area contributed by atoms with Gasteiger partial charge < -0.3 is 10.2 Å². The molecule has 0 spiro atoms. The van der Waals surface area contributed by atoms with Gasteiger partial charge in [0.2, 0.25) is 10.0 Å². The highest BCUT2D eigenvalue weighted by atomic mass is 32.2. The highest BCUT2D eigenvalue weighted by Crippen LogP contribution is 2.21. The largest absolute Gasteiger partial charge is 0.322 e. The molecule has 2 aromatic carbocycles. The molecule has 1 fully saturated rings. The molecule has 1 amide bonds. The van der Waals surface area contributed by atoms with Gasteiger partial charge in [-0.2, -0.15) is 4.31 Å². The Morgan fingerprint density at radius 2 is 1.78 bits per heavy atom. The minimum atomic E-state index is -3.66. The molecule has 6 nitrogen and oxygen atoms in total. The fourth-order valence-corrected chi connectivity index (χ4v) is 4.37. The predicted molar refractivity (Wildman–Crippen MR) is 102 cm³/mol. The number of carbonyl (C=O) groups excluding carboxylic acids is 1. The van der Waals surface area contributed by atoms with Gasteiger partial charge in [0.25, 0.3) is 5.91 Å². The molecule has 1 heterocycles. The Kier molecular flexibility index (Phi) is 5.59. The third-order valence-corrected chi connectivity index (χ3v) is 6.54. The van der Waals surface area contributed by atoms with Crippen LogP contribution in [0.25, 0.3) is 0 Å². The first kappa shape index (κ1) is 19.5. The van der Waals surface area contributed by atoms with Crippen molar-refractivity contribution in [1.82, 2.24) is 9.21 Å². The molecule has 0 radical (unpaired) electrons. The number of nitrogens with one attached hydrogen (secondary N) is 1. The van der Waals surface area contributed by atoms with Crippen LogP contribution in [0, 0.1) is 12.7 Å². The monoisotopic (exact) mass is 391 g/mol. The van der Waals surface area contributed by atoms with Crippen LogP contribution in [0.2, 0.25) is 0 Å². The van der Waals surface area contributed by atoms with E-state index in [1.54, 1.807) is 13.0 Å². The highest BCUT2D eigenvalue weighted by Gasteiger charge is 2.28. The lowest BCUT2D eigenvalue weighted by Gasteiger charge is -2.31. The third kappa shape index (κ3) is 4.35. The molecule has 3 rings (SSSR count). The molecule has 2 aromatic rings. The number of hydrogen-bond acceptors (Lipinski definition) is 4. The van der Waals surface area contributed by atoms with E-state index in [-0.39, 0.29) is 10.5 Å². The van der Waals surface area contributed by atoms with Crippen molar-refractivity contribution in [2.24, 2.45) is 0 Å². The summed E-state index contributed by atoms with van der Waals surface area (Å²) in [6.07, 6.45) is 0. The Hall–Kier alpha value is -2.29. The molecule has 1 N–H and O–H groups in total. The van der Waals surface area contributed by atoms with Crippen molar-refractivity contribution in [2.75, 3.05) is 38.5 Å². The van der Waals surface area contributed by atoms with Gasteiger partial charge in [-0.05, 0) is 49.9 Å². The van der Waals surface area contributed by atoms with E-state index < -0.39 is 21.7 Å². The summed E-state index contributed by atoms with van der Waals surface area (Å²) in [5.74, 6) is -0.943. The molecule has 1 aliphatic rings. The van der Waals surface area contributed by atoms with Crippen LogP contribution in [0.1, 0.15) is 15.9 Å². The van der Waals surface area contributed by atoms with Crippen molar-refractivity contribution in [3.05, 3.63) is 59.4 Å². The minimum Gasteiger partial charge on any atom is -0.322 e. The van der Waals surface area contributed by atoms with Crippen molar-refractivity contribution < 1.29 is 17.6 Å². The molecule has 27 heavy (non-hydrogen) atoms.